The number of amides is 1. The van der Waals surface area contributed by atoms with E-state index in [2.05, 4.69) is 13.0 Å². The Kier molecular flexibility index (Phi) is 5.41. The number of ether oxygens (including phenoxy) is 2. The molecule has 1 aliphatic rings. The molecule has 0 spiro atoms. The molecule has 1 aromatic rings. The van der Waals surface area contributed by atoms with E-state index in [1.807, 2.05) is 23.1 Å². The van der Waals surface area contributed by atoms with E-state index in [0.29, 0.717) is 12.5 Å². The molecule has 1 aromatic carbocycles. The van der Waals surface area contributed by atoms with Crippen LogP contribution in [0.1, 0.15) is 18.4 Å². The van der Waals surface area contributed by atoms with Crippen LogP contribution < -0.4 is 4.74 Å². The van der Waals surface area contributed by atoms with Gasteiger partial charge in [0.1, 0.15) is 12.4 Å². The van der Waals surface area contributed by atoms with Crippen molar-refractivity contribution >= 4 is 5.91 Å². The third kappa shape index (κ3) is 4.23. The van der Waals surface area contributed by atoms with Crippen LogP contribution in [-0.2, 0) is 9.53 Å². The van der Waals surface area contributed by atoms with E-state index in [9.17, 15) is 4.79 Å². The number of carbonyl (C=O) groups excluding carboxylic acids is 1. The summed E-state index contributed by atoms with van der Waals surface area (Å²) in [6, 6.07) is 8.07. The molecule has 1 heterocycles. The lowest BCUT2D eigenvalue weighted by molar-refractivity contribution is -0.137. The molecule has 1 atom stereocenters. The number of piperidine rings is 1. The summed E-state index contributed by atoms with van der Waals surface area (Å²) in [4.78, 5) is 13.7. The van der Waals surface area contributed by atoms with E-state index in [4.69, 9.17) is 9.47 Å². The van der Waals surface area contributed by atoms with Crippen LogP contribution in [0.5, 0.6) is 5.75 Å². The molecule has 0 aromatic heterocycles. The zero-order chi connectivity index (χ0) is 14.4. The second-order valence-corrected chi connectivity index (χ2v) is 5.41. The molecule has 1 fully saturated rings. The van der Waals surface area contributed by atoms with Crippen LogP contribution in [-0.4, -0.2) is 44.2 Å². The molecular weight excluding hydrogens is 254 g/mol. The first-order chi connectivity index (χ1) is 9.69. The Morgan fingerprint density at radius 3 is 3.05 bits per heavy atom. The van der Waals surface area contributed by atoms with Gasteiger partial charge in [-0.15, -0.1) is 0 Å². The van der Waals surface area contributed by atoms with Gasteiger partial charge in [-0.3, -0.25) is 4.79 Å². The van der Waals surface area contributed by atoms with Crippen LogP contribution in [0.15, 0.2) is 24.3 Å². The number of rotatable bonds is 5. The fraction of sp³-hybridized carbons (Fsp3) is 0.562. The summed E-state index contributed by atoms with van der Waals surface area (Å²) >= 11 is 0. The maximum atomic E-state index is 11.8. The van der Waals surface area contributed by atoms with Crippen molar-refractivity contribution < 1.29 is 14.3 Å². The van der Waals surface area contributed by atoms with Crippen molar-refractivity contribution in [3.63, 3.8) is 0 Å². The van der Waals surface area contributed by atoms with Crippen molar-refractivity contribution in [1.29, 1.82) is 0 Å². The monoisotopic (exact) mass is 277 g/mol. The van der Waals surface area contributed by atoms with Crippen LogP contribution in [0, 0.1) is 12.8 Å². The first-order valence-corrected chi connectivity index (χ1v) is 7.15. The number of likely N-dealkylation sites (tertiary alicyclic amines) is 1. The van der Waals surface area contributed by atoms with E-state index in [0.717, 1.165) is 31.7 Å². The molecule has 0 saturated carbocycles. The third-order valence-corrected chi connectivity index (χ3v) is 3.61. The van der Waals surface area contributed by atoms with Crippen LogP contribution in [0.4, 0.5) is 0 Å². The highest BCUT2D eigenvalue weighted by atomic mass is 16.5. The number of hydrogen-bond acceptors (Lipinski definition) is 3. The van der Waals surface area contributed by atoms with Crippen LogP contribution in [0.3, 0.4) is 0 Å². The molecule has 1 saturated heterocycles. The Hall–Kier alpha value is -1.55. The number of nitrogens with zero attached hydrogens (tertiary/aromatic N) is 1. The second kappa shape index (κ2) is 7.29. The zero-order valence-electron chi connectivity index (χ0n) is 12.3. The minimum Gasteiger partial charge on any atom is -0.493 e. The Balaban J connectivity index is 1.82. The number of hydrogen-bond donors (Lipinski definition) is 0. The highest BCUT2D eigenvalue weighted by Crippen LogP contribution is 2.19. The summed E-state index contributed by atoms with van der Waals surface area (Å²) in [7, 11) is 1.56. The summed E-state index contributed by atoms with van der Waals surface area (Å²) in [6.45, 7) is 4.50. The van der Waals surface area contributed by atoms with Gasteiger partial charge in [0.05, 0.1) is 6.61 Å². The molecule has 0 radical (unpaired) electrons. The van der Waals surface area contributed by atoms with Crippen molar-refractivity contribution in [2.75, 3.05) is 33.4 Å². The number of aryl methyl sites for hydroxylation is 1. The molecule has 1 amide bonds. The minimum atomic E-state index is 0.0766. The first-order valence-electron chi connectivity index (χ1n) is 7.15. The molecule has 0 unspecified atom stereocenters. The molecule has 2 rings (SSSR count). The Bertz CT molecular complexity index is 447. The Labute approximate surface area is 120 Å². The number of benzene rings is 1. The third-order valence-electron chi connectivity index (χ3n) is 3.61. The van der Waals surface area contributed by atoms with Crippen molar-refractivity contribution in [2.24, 2.45) is 5.92 Å². The van der Waals surface area contributed by atoms with E-state index >= 15 is 0 Å². The first kappa shape index (κ1) is 14.9. The highest BCUT2D eigenvalue weighted by molar-refractivity contribution is 5.77. The van der Waals surface area contributed by atoms with Gasteiger partial charge in [-0.05, 0) is 37.5 Å². The molecule has 0 bridgehead atoms. The maximum Gasteiger partial charge on any atom is 0.248 e. The van der Waals surface area contributed by atoms with Crippen LogP contribution in [0.25, 0.3) is 0 Å². The summed E-state index contributed by atoms with van der Waals surface area (Å²) in [6.07, 6.45) is 2.15. The molecule has 0 N–H and O–H groups in total. The number of carbonyl (C=O) groups is 1. The van der Waals surface area contributed by atoms with Gasteiger partial charge < -0.3 is 14.4 Å². The normalized spacial score (nSPS) is 18.9. The quantitative estimate of drug-likeness (QED) is 0.828. The average molecular weight is 277 g/mol. The summed E-state index contributed by atoms with van der Waals surface area (Å²) in [5.74, 6) is 1.39. The molecule has 4 nitrogen and oxygen atoms in total. The van der Waals surface area contributed by atoms with Gasteiger partial charge in [0.15, 0.2) is 0 Å². The van der Waals surface area contributed by atoms with Gasteiger partial charge in [0.2, 0.25) is 5.91 Å². The van der Waals surface area contributed by atoms with Gasteiger partial charge in [-0.25, -0.2) is 0 Å². The standard InChI is InChI=1S/C16H23NO3/c1-13-5-3-7-15(9-13)20-11-14-6-4-8-17(10-14)16(18)12-19-2/h3,5,7,9,14H,4,6,8,10-12H2,1-2H3/t14-/m1/s1. The average Bonchev–Trinajstić information content (AvgIpc) is 2.46. The van der Waals surface area contributed by atoms with Crippen molar-refractivity contribution in [3.8, 4) is 5.75 Å². The van der Waals surface area contributed by atoms with E-state index in [-0.39, 0.29) is 12.5 Å². The predicted octanol–water partition coefficient (Wildman–Crippen LogP) is 2.26. The Morgan fingerprint density at radius 1 is 1.45 bits per heavy atom. The van der Waals surface area contributed by atoms with Gasteiger partial charge in [-0.1, -0.05) is 12.1 Å². The fourth-order valence-electron chi connectivity index (χ4n) is 2.56. The van der Waals surface area contributed by atoms with Gasteiger partial charge >= 0.3 is 0 Å². The fourth-order valence-corrected chi connectivity index (χ4v) is 2.56. The second-order valence-electron chi connectivity index (χ2n) is 5.41. The van der Waals surface area contributed by atoms with Crippen LogP contribution >= 0.6 is 0 Å². The van der Waals surface area contributed by atoms with Gasteiger partial charge in [0, 0.05) is 26.1 Å². The van der Waals surface area contributed by atoms with Crippen molar-refractivity contribution in [3.05, 3.63) is 29.8 Å². The van der Waals surface area contributed by atoms with Crippen molar-refractivity contribution in [2.45, 2.75) is 19.8 Å². The van der Waals surface area contributed by atoms with Crippen molar-refractivity contribution in [1.82, 2.24) is 4.90 Å². The van der Waals surface area contributed by atoms with Gasteiger partial charge in [0.25, 0.3) is 0 Å². The number of methoxy groups -OCH3 is 1. The molecule has 110 valence electrons. The lowest BCUT2D eigenvalue weighted by Gasteiger charge is -2.32. The predicted molar refractivity (Wildman–Crippen MR) is 77.9 cm³/mol. The van der Waals surface area contributed by atoms with E-state index < -0.39 is 0 Å². The molecule has 4 heteroatoms. The summed E-state index contributed by atoms with van der Waals surface area (Å²) in [5, 5.41) is 0. The Morgan fingerprint density at radius 2 is 2.30 bits per heavy atom. The lowest BCUT2D eigenvalue weighted by atomic mass is 9.99. The molecule has 0 aliphatic carbocycles. The SMILES string of the molecule is COCC(=O)N1CCC[C@@H](COc2cccc(C)c2)C1. The molecule has 1 aliphatic heterocycles. The lowest BCUT2D eigenvalue weighted by Crippen LogP contribution is -2.43. The zero-order valence-corrected chi connectivity index (χ0v) is 12.3. The van der Waals surface area contributed by atoms with E-state index in [1.165, 1.54) is 5.56 Å². The largest absolute Gasteiger partial charge is 0.493 e. The summed E-state index contributed by atoms with van der Waals surface area (Å²) in [5.41, 5.74) is 1.20. The topological polar surface area (TPSA) is 38.8 Å². The highest BCUT2D eigenvalue weighted by Gasteiger charge is 2.23. The van der Waals surface area contributed by atoms with Gasteiger partial charge in [-0.2, -0.15) is 0 Å². The van der Waals surface area contributed by atoms with Crippen LogP contribution in [0.2, 0.25) is 0 Å². The molecular formula is C16H23NO3. The summed E-state index contributed by atoms with van der Waals surface area (Å²) < 4.78 is 10.8. The maximum absolute atomic E-state index is 11.8. The molecule has 20 heavy (non-hydrogen) atoms. The smallest absolute Gasteiger partial charge is 0.248 e. The minimum absolute atomic E-state index is 0.0766. The van der Waals surface area contributed by atoms with E-state index in [1.54, 1.807) is 7.11 Å².